The standard InChI is InChI=1S/C13H16N2O2S/c1-9(13(16)17)3-2-6-14-12-10-5-8-18-11(10)4-7-15-12/h4-5,7-9H,2-3,6H2,1H3,(H,14,15)(H,16,17). The average Bonchev–Trinajstić information content (AvgIpc) is 2.83. The van der Waals surface area contributed by atoms with E-state index < -0.39 is 5.97 Å². The molecule has 2 aromatic rings. The lowest BCUT2D eigenvalue weighted by molar-refractivity contribution is -0.141. The van der Waals surface area contributed by atoms with Gasteiger partial charge in [-0.05, 0) is 30.4 Å². The minimum Gasteiger partial charge on any atom is -0.481 e. The molecular weight excluding hydrogens is 248 g/mol. The lowest BCUT2D eigenvalue weighted by Crippen LogP contribution is -2.12. The molecule has 0 bridgehead atoms. The van der Waals surface area contributed by atoms with Gasteiger partial charge < -0.3 is 10.4 Å². The summed E-state index contributed by atoms with van der Waals surface area (Å²) in [5.74, 6) is -0.124. The number of rotatable bonds is 6. The SMILES string of the molecule is CC(CCCNc1nccc2sccc12)C(=O)O. The van der Waals surface area contributed by atoms with Gasteiger partial charge in [0.1, 0.15) is 5.82 Å². The van der Waals surface area contributed by atoms with E-state index in [1.54, 1.807) is 24.5 Å². The summed E-state index contributed by atoms with van der Waals surface area (Å²) in [6.45, 7) is 2.49. The maximum atomic E-state index is 10.7. The Hall–Kier alpha value is -1.62. The highest BCUT2D eigenvalue weighted by Gasteiger charge is 2.10. The third kappa shape index (κ3) is 2.98. The van der Waals surface area contributed by atoms with Crippen molar-refractivity contribution in [2.45, 2.75) is 19.8 Å². The molecule has 0 aliphatic rings. The van der Waals surface area contributed by atoms with Crippen LogP contribution in [-0.2, 0) is 4.79 Å². The fourth-order valence-electron chi connectivity index (χ4n) is 1.77. The van der Waals surface area contributed by atoms with Gasteiger partial charge in [-0.2, -0.15) is 0 Å². The van der Waals surface area contributed by atoms with Crippen LogP contribution in [0.3, 0.4) is 0 Å². The Morgan fingerprint density at radius 2 is 2.39 bits per heavy atom. The molecule has 0 spiro atoms. The molecule has 0 fully saturated rings. The maximum Gasteiger partial charge on any atom is 0.306 e. The smallest absolute Gasteiger partial charge is 0.306 e. The van der Waals surface area contributed by atoms with E-state index in [0.29, 0.717) is 6.42 Å². The summed E-state index contributed by atoms with van der Waals surface area (Å²) in [4.78, 5) is 15.0. The summed E-state index contributed by atoms with van der Waals surface area (Å²) in [6.07, 6.45) is 3.30. The van der Waals surface area contributed by atoms with Crippen LogP contribution in [-0.4, -0.2) is 22.6 Å². The second-order valence-corrected chi connectivity index (χ2v) is 5.25. The Kier molecular flexibility index (Phi) is 4.15. The predicted molar refractivity (Wildman–Crippen MR) is 74.1 cm³/mol. The molecule has 0 aliphatic carbocycles. The molecule has 2 rings (SSSR count). The van der Waals surface area contributed by atoms with Crippen LogP contribution in [0.2, 0.25) is 0 Å². The summed E-state index contributed by atoms with van der Waals surface area (Å²) >= 11 is 1.69. The number of thiophene rings is 1. The zero-order valence-corrected chi connectivity index (χ0v) is 11.0. The molecule has 0 aromatic carbocycles. The van der Waals surface area contributed by atoms with E-state index in [0.717, 1.165) is 24.2 Å². The van der Waals surface area contributed by atoms with Crippen LogP contribution >= 0.6 is 11.3 Å². The quantitative estimate of drug-likeness (QED) is 0.786. The molecule has 18 heavy (non-hydrogen) atoms. The van der Waals surface area contributed by atoms with Gasteiger partial charge in [-0.25, -0.2) is 4.98 Å². The van der Waals surface area contributed by atoms with Gasteiger partial charge in [-0.3, -0.25) is 4.79 Å². The number of carboxylic acids is 1. The Morgan fingerprint density at radius 3 is 3.17 bits per heavy atom. The van der Waals surface area contributed by atoms with Gasteiger partial charge in [-0.15, -0.1) is 11.3 Å². The van der Waals surface area contributed by atoms with Gasteiger partial charge in [0.15, 0.2) is 0 Å². The fourth-order valence-corrected chi connectivity index (χ4v) is 2.56. The summed E-state index contributed by atoms with van der Waals surface area (Å²) in [6, 6.07) is 4.05. The molecular formula is C13H16N2O2S. The van der Waals surface area contributed by atoms with Gasteiger partial charge in [-0.1, -0.05) is 6.92 Å². The van der Waals surface area contributed by atoms with Gasteiger partial charge in [0.05, 0.1) is 5.92 Å². The molecule has 1 atom stereocenters. The molecule has 2 heterocycles. The first-order chi connectivity index (χ1) is 8.68. The van der Waals surface area contributed by atoms with Crippen LogP contribution in [0.15, 0.2) is 23.7 Å². The van der Waals surface area contributed by atoms with E-state index in [2.05, 4.69) is 16.4 Å². The molecule has 0 saturated heterocycles. The Bertz CT molecular complexity index is 539. The van der Waals surface area contributed by atoms with Crippen molar-refractivity contribution in [2.75, 3.05) is 11.9 Å². The van der Waals surface area contributed by atoms with Crippen LogP contribution in [0.1, 0.15) is 19.8 Å². The molecule has 5 heteroatoms. The number of aromatic nitrogens is 1. The number of aliphatic carboxylic acids is 1. The average molecular weight is 264 g/mol. The lowest BCUT2D eigenvalue weighted by Gasteiger charge is -2.08. The number of hydrogen-bond donors (Lipinski definition) is 2. The predicted octanol–water partition coefficient (Wildman–Crippen LogP) is 3.21. The first-order valence-corrected chi connectivity index (χ1v) is 6.85. The minimum atomic E-state index is -0.729. The second-order valence-electron chi connectivity index (χ2n) is 4.30. The first kappa shape index (κ1) is 12.8. The largest absolute Gasteiger partial charge is 0.481 e. The van der Waals surface area contributed by atoms with Crippen LogP contribution < -0.4 is 5.32 Å². The van der Waals surface area contributed by atoms with Gasteiger partial charge >= 0.3 is 5.97 Å². The number of pyridine rings is 1. The van der Waals surface area contributed by atoms with Crippen molar-refractivity contribution in [1.29, 1.82) is 0 Å². The second kappa shape index (κ2) is 5.82. The maximum absolute atomic E-state index is 10.7. The first-order valence-electron chi connectivity index (χ1n) is 5.97. The van der Waals surface area contributed by atoms with Crippen LogP contribution in [0.4, 0.5) is 5.82 Å². The number of hydrogen-bond acceptors (Lipinski definition) is 4. The van der Waals surface area contributed by atoms with Crippen LogP contribution in [0.25, 0.3) is 10.1 Å². The van der Waals surface area contributed by atoms with E-state index in [4.69, 9.17) is 5.11 Å². The van der Waals surface area contributed by atoms with Crippen molar-refractivity contribution in [2.24, 2.45) is 5.92 Å². The van der Waals surface area contributed by atoms with Crippen LogP contribution in [0, 0.1) is 5.92 Å². The molecule has 2 N–H and O–H groups in total. The number of carbonyl (C=O) groups is 1. The summed E-state index contributed by atoms with van der Waals surface area (Å²) < 4.78 is 1.21. The van der Waals surface area contributed by atoms with E-state index in [-0.39, 0.29) is 5.92 Å². The fraction of sp³-hybridized carbons (Fsp3) is 0.385. The van der Waals surface area contributed by atoms with Crippen molar-refractivity contribution in [3.8, 4) is 0 Å². The Labute approximate surface area is 110 Å². The van der Waals surface area contributed by atoms with E-state index >= 15 is 0 Å². The van der Waals surface area contributed by atoms with Crippen molar-refractivity contribution >= 4 is 33.2 Å². The van der Waals surface area contributed by atoms with Gasteiger partial charge in [0, 0.05) is 22.8 Å². The highest BCUT2D eigenvalue weighted by Crippen LogP contribution is 2.25. The van der Waals surface area contributed by atoms with E-state index in [1.807, 2.05) is 11.4 Å². The summed E-state index contributed by atoms with van der Waals surface area (Å²) in [5, 5.41) is 15.2. The van der Waals surface area contributed by atoms with Crippen molar-refractivity contribution in [3.05, 3.63) is 23.7 Å². The van der Waals surface area contributed by atoms with E-state index in [9.17, 15) is 4.79 Å². The van der Waals surface area contributed by atoms with Crippen molar-refractivity contribution in [1.82, 2.24) is 4.98 Å². The van der Waals surface area contributed by atoms with E-state index in [1.165, 1.54) is 4.70 Å². The normalized spacial score (nSPS) is 12.5. The Balaban J connectivity index is 1.87. The number of fused-ring (bicyclic) bond motifs is 1. The van der Waals surface area contributed by atoms with Gasteiger partial charge in [0.2, 0.25) is 0 Å². The molecule has 0 radical (unpaired) electrons. The summed E-state index contributed by atoms with van der Waals surface area (Å²) in [7, 11) is 0. The zero-order chi connectivity index (χ0) is 13.0. The topological polar surface area (TPSA) is 62.2 Å². The highest BCUT2D eigenvalue weighted by molar-refractivity contribution is 7.17. The van der Waals surface area contributed by atoms with Crippen molar-refractivity contribution < 1.29 is 9.90 Å². The number of nitrogens with zero attached hydrogens (tertiary/aromatic N) is 1. The third-order valence-corrected chi connectivity index (χ3v) is 3.79. The number of anilines is 1. The molecule has 0 saturated carbocycles. The van der Waals surface area contributed by atoms with Crippen LogP contribution in [0.5, 0.6) is 0 Å². The van der Waals surface area contributed by atoms with Gasteiger partial charge in [0.25, 0.3) is 0 Å². The highest BCUT2D eigenvalue weighted by atomic mass is 32.1. The number of carboxylic acid groups (broad SMARTS) is 1. The summed E-state index contributed by atoms with van der Waals surface area (Å²) in [5.41, 5.74) is 0. The molecule has 2 aromatic heterocycles. The third-order valence-electron chi connectivity index (χ3n) is 2.91. The molecule has 0 aliphatic heterocycles. The Morgan fingerprint density at radius 1 is 1.56 bits per heavy atom. The molecule has 0 amide bonds. The molecule has 4 nitrogen and oxygen atoms in total. The minimum absolute atomic E-state index is 0.281. The lowest BCUT2D eigenvalue weighted by atomic mass is 10.1. The number of nitrogens with one attached hydrogen (secondary N) is 1. The zero-order valence-electron chi connectivity index (χ0n) is 10.2. The molecule has 96 valence electrons. The van der Waals surface area contributed by atoms with Crippen molar-refractivity contribution in [3.63, 3.8) is 0 Å². The molecule has 1 unspecified atom stereocenters. The monoisotopic (exact) mass is 264 g/mol.